The van der Waals surface area contributed by atoms with Crippen molar-refractivity contribution in [3.8, 4) is 0 Å². The number of piperazine rings is 1. The average Bonchev–Trinajstić information content (AvgIpc) is 2.83. The van der Waals surface area contributed by atoms with Crippen molar-refractivity contribution in [1.29, 1.82) is 0 Å². The highest BCUT2D eigenvalue weighted by molar-refractivity contribution is 6.62. The summed E-state index contributed by atoms with van der Waals surface area (Å²) in [5.41, 5.74) is 2.53. The minimum atomic E-state index is -0.509. The Labute approximate surface area is 156 Å². The monoisotopic (exact) mass is 360 g/mol. The number of anilines is 1. The van der Waals surface area contributed by atoms with Gasteiger partial charge in [-0.15, -0.1) is 0 Å². The number of hydrogen-bond donors (Lipinski definition) is 1. The lowest BCUT2D eigenvalue weighted by atomic mass is 9.77. The second kappa shape index (κ2) is 6.87. The highest BCUT2D eigenvalue weighted by atomic mass is 16.7. The topological polar surface area (TPSA) is 60.0 Å². The van der Waals surface area contributed by atoms with Crippen molar-refractivity contribution < 1.29 is 18.8 Å². The van der Waals surface area contributed by atoms with Gasteiger partial charge in [-0.1, -0.05) is 0 Å². The number of rotatable bonds is 3. The molecule has 2 aliphatic heterocycles. The molecular weight excluding hydrogens is 331 g/mol. The van der Waals surface area contributed by atoms with Gasteiger partial charge in [0.2, 0.25) is 0 Å². The van der Waals surface area contributed by atoms with Gasteiger partial charge in [0.15, 0.2) is 0 Å². The maximum atomic E-state index is 12.4. The lowest BCUT2D eigenvalue weighted by molar-refractivity contribution is 0.00578. The Morgan fingerprint density at radius 1 is 1.15 bits per heavy atom. The lowest BCUT2D eigenvalue weighted by Crippen LogP contribution is -2.45. The van der Waals surface area contributed by atoms with E-state index in [0.29, 0.717) is 5.56 Å². The molecule has 2 heterocycles. The third-order valence-electron chi connectivity index (χ3n) is 5.79. The highest BCUT2D eigenvalue weighted by Crippen LogP contribution is 2.37. The van der Waals surface area contributed by atoms with Crippen LogP contribution in [0, 0.1) is 6.92 Å². The molecule has 0 spiro atoms. The number of nitrogens with one attached hydrogen (secondary N) is 1. The molecule has 1 aromatic rings. The van der Waals surface area contributed by atoms with E-state index in [1.165, 1.54) is 7.11 Å². The quantitative estimate of drug-likeness (QED) is 0.651. The van der Waals surface area contributed by atoms with E-state index in [1.54, 1.807) is 0 Å². The molecule has 1 aromatic carbocycles. The molecule has 7 heteroatoms. The zero-order chi connectivity index (χ0) is 19.1. The molecule has 6 nitrogen and oxygen atoms in total. The van der Waals surface area contributed by atoms with Crippen LogP contribution in [0.1, 0.15) is 43.6 Å². The van der Waals surface area contributed by atoms with Crippen molar-refractivity contribution in [2.24, 2.45) is 0 Å². The number of hydrogen-bond acceptors (Lipinski definition) is 6. The number of nitrogens with zero attached hydrogens (tertiary/aromatic N) is 1. The summed E-state index contributed by atoms with van der Waals surface area (Å²) in [6.45, 7) is 13.7. The lowest BCUT2D eigenvalue weighted by Gasteiger charge is -2.32. The van der Waals surface area contributed by atoms with Crippen molar-refractivity contribution in [2.45, 2.75) is 45.8 Å². The van der Waals surface area contributed by atoms with E-state index in [-0.39, 0.29) is 5.97 Å². The molecule has 0 aromatic heterocycles. The number of carbonyl (C=O) groups excluding carboxylic acids is 1. The van der Waals surface area contributed by atoms with Crippen molar-refractivity contribution in [3.05, 3.63) is 23.3 Å². The van der Waals surface area contributed by atoms with Crippen LogP contribution in [-0.4, -0.2) is 57.6 Å². The summed E-state index contributed by atoms with van der Waals surface area (Å²) in [4.78, 5) is 14.7. The molecule has 142 valence electrons. The van der Waals surface area contributed by atoms with E-state index in [4.69, 9.17) is 14.0 Å². The zero-order valence-electron chi connectivity index (χ0n) is 16.6. The minimum Gasteiger partial charge on any atom is -0.465 e. The number of benzene rings is 1. The third kappa shape index (κ3) is 3.35. The smallest absolute Gasteiger partial charge is 0.465 e. The van der Waals surface area contributed by atoms with Gasteiger partial charge >= 0.3 is 13.1 Å². The van der Waals surface area contributed by atoms with E-state index in [2.05, 4.69) is 16.3 Å². The Morgan fingerprint density at radius 2 is 1.73 bits per heavy atom. The predicted molar refractivity (Wildman–Crippen MR) is 103 cm³/mol. The summed E-state index contributed by atoms with van der Waals surface area (Å²) >= 11 is 0. The second-order valence-electron chi connectivity index (χ2n) is 8.03. The maximum absolute atomic E-state index is 12.4. The van der Waals surface area contributed by atoms with Gasteiger partial charge in [0.1, 0.15) is 0 Å². The van der Waals surface area contributed by atoms with Crippen LogP contribution in [0.4, 0.5) is 5.69 Å². The summed E-state index contributed by atoms with van der Waals surface area (Å²) in [7, 11) is 0.902. The van der Waals surface area contributed by atoms with E-state index < -0.39 is 18.3 Å². The van der Waals surface area contributed by atoms with Crippen LogP contribution in [0.25, 0.3) is 0 Å². The Hall–Kier alpha value is -1.57. The summed E-state index contributed by atoms with van der Waals surface area (Å²) in [6, 6.07) is 3.93. The highest BCUT2D eigenvalue weighted by Gasteiger charge is 2.52. The van der Waals surface area contributed by atoms with Gasteiger partial charge in [-0.3, -0.25) is 0 Å². The Kier molecular flexibility index (Phi) is 5.07. The summed E-state index contributed by atoms with van der Waals surface area (Å²) < 4.78 is 17.4. The van der Waals surface area contributed by atoms with Gasteiger partial charge in [-0.2, -0.15) is 0 Å². The number of methoxy groups -OCH3 is 1. The van der Waals surface area contributed by atoms with Crippen LogP contribution in [0.2, 0.25) is 0 Å². The predicted octanol–water partition coefficient (Wildman–Crippen LogP) is 1.49. The first-order valence-corrected chi connectivity index (χ1v) is 9.20. The molecule has 0 bridgehead atoms. The van der Waals surface area contributed by atoms with Crippen LogP contribution >= 0.6 is 0 Å². The van der Waals surface area contributed by atoms with Crippen molar-refractivity contribution in [1.82, 2.24) is 5.32 Å². The SMILES string of the molecule is COC(=O)c1cc(B2OC(C)(C)C(C)(C)O2)cc(N2CCNCC2)c1C. The molecule has 1 N–H and O–H groups in total. The normalized spacial score (nSPS) is 21.8. The van der Waals surface area contributed by atoms with Crippen molar-refractivity contribution in [2.75, 3.05) is 38.2 Å². The van der Waals surface area contributed by atoms with E-state index >= 15 is 0 Å². The molecule has 2 aliphatic rings. The fourth-order valence-electron chi connectivity index (χ4n) is 3.39. The number of ether oxygens (including phenoxy) is 1. The van der Waals surface area contributed by atoms with Gasteiger partial charge in [0, 0.05) is 31.9 Å². The van der Waals surface area contributed by atoms with Gasteiger partial charge in [0.05, 0.1) is 23.9 Å². The largest absolute Gasteiger partial charge is 0.494 e. The van der Waals surface area contributed by atoms with Crippen LogP contribution in [-0.2, 0) is 14.0 Å². The maximum Gasteiger partial charge on any atom is 0.494 e. The van der Waals surface area contributed by atoms with E-state index in [1.807, 2.05) is 40.7 Å². The summed E-state index contributed by atoms with van der Waals surface area (Å²) in [5, 5.41) is 3.36. The van der Waals surface area contributed by atoms with Gasteiger partial charge in [0.25, 0.3) is 0 Å². The van der Waals surface area contributed by atoms with E-state index in [9.17, 15) is 4.79 Å². The molecule has 0 unspecified atom stereocenters. The Morgan fingerprint density at radius 3 is 2.27 bits per heavy atom. The molecule has 0 aliphatic carbocycles. The van der Waals surface area contributed by atoms with Gasteiger partial charge in [-0.25, -0.2) is 4.79 Å². The van der Waals surface area contributed by atoms with Crippen LogP contribution in [0.5, 0.6) is 0 Å². The zero-order valence-corrected chi connectivity index (χ0v) is 16.6. The first kappa shape index (κ1) is 19.2. The molecule has 0 saturated carbocycles. The molecule has 26 heavy (non-hydrogen) atoms. The molecular formula is C19H29BN2O4. The van der Waals surface area contributed by atoms with Crippen LogP contribution in [0.3, 0.4) is 0 Å². The fourth-order valence-corrected chi connectivity index (χ4v) is 3.39. The van der Waals surface area contributed by atoms with Crippen molar-refractivity contribution in [3.63, 3.8) is 0 Å². The molecule has 2 saturated heterocycles. The first-order valence-electron chi connectivity index (χ1n) is 9.20. The second-order valence-corrected chi connectivity index (χ2v) is 8.03. The van der Waals surface area contributed by atoms with E-state index in [0.717, 1.165) is 42.9 Å². The number of carbonyl (C=O) groups is 1. The summed E-state index contributed by atoms with van der Waals surface area (Å²) in [5.74, 6) is -0.336. The van der Waals surface area contributed by atoms with Crippen LogP contribution < -0.4 is 15.7 Å². The fraction of sp³-hybridized carbons (Fsp3) is 0.632. The Balaban J connectivity index is 2.04. The molecule has 0 amide bonds. The molecule has 2 fully saturated rings. The summed E-state index contributed by atoms with van der Waals surface area (Å²) in [6.07, 6.45) is 0. The van der Waals surface area contributed by atoms with Crippen molar-refractivity contribution >= 4 is 24.2 Å². The Bertz CT molecular complexity index is 683. The van der Waals surface area contributed by atoms with Crippen LogP contribution in [0.15, 0.2) is 12.1 Å². The molecule has 0 atom stereocenters. The first-order chi connectivity index (χ1) is 12.2. The molecule has 0 radical (unpaired) electrons. The number of esters is 1. The van der Waals surface area contributed by atoms with Gasteiger partial charge in [-0.05, 0) is 57.8 Å². The van der Waals surface area contributed by atoms with Gasteiger partial charge < -0.3 is 24.3 Å². The average molecular weight is 360 g/mol. The third-order valence-corrected chi connectivity index (χ3v) is 5.79. The molecule has 3 rings (SSSR count). The minimum absolute atomic E-state index is 0.336. The standard InChI is InChI=1S/C19H29BN2O4/c1-13-15(17(23)24-6)11-14(12-16(13)22-9-7-21-8-10-22)20-25-18(2,3)19(4,5)26-20/h11-12,21H,7-10H2,1-6H3.